The molecule has 0 aromatic carbocycles. The fourth-order valence-electron chi connectivity index (χ4n) is 5.26. The van der Waals surface area contributed by atoms with Gasteiger partial charge in [-0.15, -0.1) is 0 Å². The Morgan fingerprint density at radius 2 is 2.21 bits per heavy atom. The zero-order valence-electron chi connectivity index (χ0n) is 14.5. The summed E-state index contributed by atoms with van der Waals surface area (Å²) < 4.78 is 11.3. The van der Waals surface area contributed by atoms with Crippen LogP contribution in [0.25, 0.3) is 0 Å². The molecule has 0 radical (unpaired) electrons. The Balaban J connectivity index is 2.04. The monoisotopic (exact) mass is 334 g/mol. The van der Waals surface area contributed by atoms with E-state index in [0.29, 0.717) is 18.4 Å². The van der Waals surface area contributed by atoms with E-state index in [1.165, 1.54) is 6.08 Å². The van der Waals surface area contributed by atoms with Crippen molar-refractivity contribution in [2.45, 2.75) is 58.3 Å². The van der Waals surface area contributed by atoms with Gasteiger partial charge in [0.1, 0.15) is 12.2 Å². The predicted octanol–water partition coefficient (Wildman–Crippen LogP) is 2.39. The van der Waals surface area contributed by atoms with Gasteiger partial charge in [-0.05, 0) is 38.0 Å². The fraction of sp³-hybridized carbons (Fsp3) is 0.684. The van der Waals surface area contributed by atoms with Crippen LogP contribution in [0.15, 0.2) is 24.3 Å². The molecule has 3 aliphatic rings. The summed E-state index contributed by atoms with van der Waals surface area (Å²) in [6.07, 6.45) is 3.83. The van der Waals surface area contributed by atoms with Gasteiger partial charge in [-0.3, -0.25) is 0 Å². The van der Waals surface area contributed by atoms with Crippen molar-refractivity contribution in [3.63, 3.8) is 0 Å². The number of esters is 2. The second-order valence-corrected chi connectivity index (χ2v) is 7.70. The molecule has 24 heavy (non-hydrogen) atoms. The third kappa shape index (κ3) is 2.50. The number of carbonyl (C=O) groups is 2. The second kappa shape index (κ2) is 6.03. The quantitative estimate of drug-likeness (QED) is 0.620. The summed E-state index contributed by atoms with van der Waals surface area (Å²) in [7, 11) is 0. The summed E-state index contributed by atoms with van der Waals surface area (Å²) in [5, 5.41) is 10.5. The highest BCUT2D eigenvalue weighted by molar-refractivity contribution is 5.91. The zero-order valence-corrected chi connectivity index (χ0v) is 14.5. The number of hydrogen-bond donors (Lipinski definition) is 1. The maximum Gasteiger partial charge on any atom is 0.334 e. The van der Waals surface area contributed by atoms with Crippen molar-refractivity contribution in [2.75, 3.05) is 0 Å². The number of allylic oxidation sites excluding steroid dienone is 1. The van der Waals surface area contributed by atoms with Crippen LogP contribution in [-0.4, -0.2) is 35.4 Å². The number of rotatable bonds is 2. The molecule has 7 unspecified atom stereocenters. The van der Waals surface area contributed by atoms with E-state index in [1.54, 1.807) is 13.0 Å². The zero-order chi connectivity index (χ0) is 17.6. The van der Waals surface area contributed by atoms with Crippen molar-refractivity contribution < 1.29 is 24.2 Å². The molecule has 1 N–H and O–H groups in total. The Morgan fingerprint density at radius 1 is 1.50 bits per heavy atom. The van der Waals surface area contributed by atoms with E-state index < -0.39 is 29.6 Å². The molecule has 2 aliphatic carbocycles. The Bertz CT molecular complexity index is 595. The van der Waals surface area contributed by atoms with Gasteiger partial charge >= 0.3 is 11.9 Å². The first kappa shape index (κ1) is 17.2. The summed E-state index contributed by atoms with van der Waals surface area (Å²) >= 11 is 0. The van der Waals surface area contributed by atoms with E-state index in [2.05, 4.69) is 20.4 Å². The minimum Gasteiger partial charge on any atom is -0.458 e. The molecule has 2 saturated carbocycles. The van der Waals surface area contributed by atoms with E-state index in [1.807, 2.05) is 0 Å². The maximum atomic E-state index is 12.2. The summed E-state index contributed by atoms with van der Waals surface area (Å²) in [4.78, 5) is 24.2. The van der Waals surface area contributed by atoms with Crippen molar-refractivity contribution in [3.8, 4) is 0 Å². The number of hydrogen-bond acceptors (Lipinski definition) is 5. The number of ether oxygens (including phenoxy) is 2. The van der Waals surface area contributed by atoms with E-state index >= 15 is 0 Å². The standard InChI is InChI=1S/C19H26O5/c1-5-6-14(21)24-17-15-11(3)18(22)23-13(15)9-10(2)16-12(20)7-8-19(16,17)4/h5-6,10,12-13,15-17,20H,3,7-9H2,1-2,4H3. The molecule has 1 saturated heterocycles. The van der Waals surface area contributed by atoms with Crippen LogP contribution in [0.2, 0.25) is 0 Å². The molecule has 5 heteroatoms. The van der Waals surface area contributed by atoms with E-state index in [-0.39, 0.29) is 23.9 Å². The Labute approximate surface area is 142 Å². The van der Waals surface area contributed by atoms with Gasteiger partial charge in [0.05, 0.1) is 12.0 Å². The first-order valence-corrected chi connectivity index (χ1v) is 8.70. The van der Waals surface area contributed by atoms with Gasteiger partial charge in [-0.1, -0.05) is 26.5 Å². The summed E-state index contributed by atoms with van der Waals surface area (Å²) in [6.45, 7) is 9.81. The van der Waals surface area contributed by atoms with Gasteiger partial charge in [-0.25, -0.2) is 9.59 Å². The van der Waals surface area contributed by atoms with Crippen LogP contribution in [-0.2, 0) is 19.1 Å². The van der Waals surface area contributed by atoms with E-state index in [0.717, 1.165) is 6.42 Å². The lowest BCUT2D eigenvalue weighted by Gasteiger charge is -2.41. The third-order valence-electron chi connectivity index (χ3n) is 6.22. The van der Waals surface area contributed by atoms with Crippen LogP contribution < -0.4 is 0 Å². The van der Waals surface area contributed by atoms with Crippen LogP contribution in [0.3, 0.4) is 0 Å². The molecule has 0 bridgehead atoms. The van der Waals surface area contributed by atoms with Crippen LogP contribution >= 0.6 is 0 Å². The highest BCUT2D eigenvalue weighted by atomic mass is 16.6. The molecule has 3 fully saturated rings. The Hall–Kier alpha value is -1.62. The number of fused-ring (bicyclic) bond motifs is 2. The molecule has 0 spiro atoms. The maximum absolute atomic E-state index is 12.2. The van der Waals surface area contributed by atoms with Crippen molar-refractivity contribution in [1.29, 1.82) is 0 Å². The summed E-state index contributed by atoms with van der Waals surface area (Å²) in [5.41, 5.74) is -0.0133. The van der Waals surface area contributed by atoms with Gasteiger partial charge in [0.2, 0.25) is 0 Å². The lowest BCUT2D eigenvalue weighted by atomic mass is 9.68. The number of aliphatic hydroxyl groups is 1. The van der Waals surface area contributed by atoms with E-state index in [9.17, 15) is 14.7 Å². The molecule has 0 amide bonds. The smallest absolute Gasteiger partial charge is 0.334 e. The number of aliphatic hydroxyl groups excluding tert-OH is 1. The molecular weight excluding hydrogens is 308 g/mol. The molecule has 0 aromatic heterocycles. The minimum atomic E-state index is -0.516. The molecule has 132 valence electrons. The highest BCUT2D eigenvalue weighted by Crippen LogP contribution is 2.57. The van der Waals surface area contributed by atoms with Gasteiger partial charge in [0.25, 0.3) is 0 Å². The third-order valence-corrected chi connectivity index (χ3v) is 6.22. The molecular formula is C19H26O5. The summed E-state index contributed by atoms with van der Waals surface area (Å²) in [5.74, 6) is -0.981. The fourth-order valence-corrected chi connectivity index (χ4v) is 5.26. The Morgan fingerprint density at radius 3 is 2.88 bits per heavy atom. The van der Waals surface area contributed by atoms with Gasteiger partial charge < -0.3 is 14.6 Å². The minimum absolute atomic E-state index is 0.0120. The topological polar surface area (TPSA) is 72.8 Å². The van der Waals surface area contributed by atoms with E-state index in [4.69, 9.17) is 9.47 Å². The first-order valence-electron chi connectivity index (χ1n) is 8.70. The first-order chi connectivity index (χ1) is 11.3. The van der Waals surface area contributed by atoms with Crippen LogP contribution in [0.1, 0.15) is 40.0 Å². The molecule has 0 aromatic rings. The van der Waals surface area contributed by atoms with Crippen LogP contribution in [0.4, 0.5) is 0 Å². The largest absolute Gasteiger partial charge is 0.458 e. The summed E-state index contributed by atoms with van der Waals surface area (Å²) in [6, 6.07) is 0. The van der Waals surface area contributed by atoms with Crippen molar-refractivity contribution in [3.05, 3.63) is 24.3 Å². The molecule has 3 rings (SSSR count). The van der Waals surface area contributed by atoms with Crippen molar-refractivity contribution in [1.82, 2.24) is 0 Å². The van der Waals surface area contributed by atoms with Crippen LogP contribution in [0.5, 0.6) is 0 Å². The molecule has 1 heterocycles. The SMILES string of the molecule is C=C1C(=O)OC2CC(C)C3C(O)CCC3(C)C(OC(=O)C=CC)C12. The van der Waals surface area contributed by atoms with Crippen LogP contribution in [0, 0.1) is 23.2 Å². The highest BCUT2D eigenvalue weighted by Gasteiger charge is 2.61. The normalized spacial score (nSPS) is 44.8. The average Bonchev–Trinajstić information content (AvgIpc) is 2.92. The van der Waals surface area contributed by atoms with Crippen molar-refractivity contribution >= 4 is 11.9 Å². The lowest BCUT2D eigenvalue weighted by Crippen LogP contribution is -2.46. The second-order valence-electron chi connectivity index (χ2n) is 7.70. The molecule has 7 atom stereocenters. The average molecular weight is 334 g/mol. The van der Waals surface area contributed by atoms with Gasteiger partial charge in [0.15, 0.2) is 0 Å². The Kier molecular flexibility index (Phi) is 4.32. The lowest BCUT2D eigenvalue weighted by molar-refractivity contribution is -0.157. The van der Waals surface area contributed by atoms with Gasteiger partial charge in [-0.2, -0.15) is 0 Å². The van der Waals surface area contributed by atoms with Crippen molar-refractivity contribution in [2.24, 2.45) is 23.2 Å². The van der Waals surface area contributed by atoms with Gasteiger partial charge in [0, 0.05) is 17.1 Å². The molecule has 1 aliphatic heterocycles. The predicted molar refractivity (Wildman–Crippen MR) is 87.8 cm³/mol. The number of carbonyl (C=O) groups excluding carboxylic acids is 2. The molecule has 5 nitrogen and oxygen atoms in total.